The molecule has 3 aromatic heterocycles. The standard InChI is InChI=1S/C50H37N3.C41H29N3.C40H31N3/c1-32-45(35-17-7-4-8-18-35)33(2)47(34(3)46(32)36-19-9-5-10-20-36)37-27-29-39(30-28-37)49-51-48(38-21-11-6-12-22-38)52-50(53-49)44-31-40-23-13-14-24-41(40)42-25-15-16-26-43(42)44;1-26-20-21-28-12-6-9-17-34(28)38(26)31-22-23-32(27(2)24-31)40-42-39(29-13-4-3-5-14-29)43-41(44-40)37-25-30-15-7-8-16-33(30)35-18-10-11-19-36(35)37;1-2-12-31(13-3-1)38-41-39(32-24-22-30(23-25-32)29-20-18-28(19-21-29)27-10-4-5-11-27)43-40(42-38)37-26-33-14-6-7-15-34(33)35-16-8-9-17-36(35)37/h4-31H,1-3H3;3-25H,1-2H3;1-3,6-9,12-27H,4-5,10-11H2/i6D,11D,12D,21D,22D;;. The fourth-order valence-corrected chi connectivity index (χ4v) is 20.9. The molecule has 9 nitrogen and oxygen atoms in total. The van der Waals surface area contributed by atoms with Crippen molar-refractivity contribution in [3.63, 3.8) is 0 Å². The van der Waals surface area contributed by atoms with Gasteiger partial charge in [-0.3, -0.25) is 0 Å². The Kier molecular flexibility index (Phi) is 21.9. The Hall–Kier alpha value is -17.5. The molecule has 0 unspecified atom stereocenters. The van der Waals surface area contributed by atoms with Gasteiger partial charge >= 0.3 is 0 Å². The molecule has 21 aromatic carbocycles. The second-order valence-electron chi connectivity index (χ2n) is 36.2. The van der Waals surface area contributed by atoms with Crippen LogP contribution in [-0.4, -0.2) is 44.9 Å². The molecule has 25 rings (SSSR count). The van der Waals surface area contributed by atoms with Crippen LogP contribution in [0.4, 0.5) is 0 Å². The van der Waals surface area contributed by atoms with E-state index in [2.05, 4.69) is 344 Å². The van der Waals surface area contributed by atoms with E-state index >= 15 is 0 Å². The predicted molar refractivity (Wildman–Crippen MR) is 583 cm³/mol. The first kappa shape index (κ1) is 80.9. The fraction of sp³-hybridized carbons (Fsp3) is 0.0763. The molecule has 3 heterocycles. The fourth-order valence-electron chi connectivity index (χ4n) is 20.9. The van der Waals surface area contributed by atoms with Crippen molar-refractivity contribution in [1.29, 1.82) is 0 Å². The number of aryl methyl sites for hydroxylation is 2. The number of hydrogen-bond acceptors (Lipinski definition) is 9. The lowest BCUT2D eigenvalue weighted by atomic mass is 9.81. The Bertz CT molecular complexity index is 9070. The molecule has 0 radical (unpaired) electrons. The molecule has 1 saturated carbocycles. The maximum absolute atomic E-state index is 8.83. The first-order valence-corrected chi connectivity index (χ1v) is 47.9. The van der Waals surface area contributed by atoms with Crippen molar-refractivity contribution in [2.24, 2.45) is 0 Å². The number of nitrogens with zero attached hydrogens (tertiary/aromatic N) is 9. The normalized spacial score (nSPS) is 12.5. The minimum absolute atomic E-state index is 0.00328. The maximum Gasteiger partial charge on any atom is 0.164 e. The van der Waals surface area contributed by atoms with E-state index in [9.17, 15) is 0 Å². The van der Waals surface area contributed by atoms with Crippen LogP contribution in [0.25, 0.3) is 234 Å². The van der Waals surface area contributed by atoms with Gasteiger partial charge in [0.05, 0.1) is 6.85 Å². The quantitative estimate of drug-likeness (QED) is 0.0925. The van der Waals surface area contributed by atoms with Gasteiger partial charge in [0.2, 0.25) is 0 Å². The van der Waals surface area contributed by atoms with Crippen LogP contribution in [0.5, 0.6) is 0 Å². The average Bonchev–Trinajstić information content (AvgIpc) is 0.943. The zero-order valence-electron chi connectivity index (χ0n) is 83.2. The minimum Gasteiger partial charge on any atom is -0.208 e. The van der Waals surface area contributed by atoms with E-state index in [0.29, 0.717) is 52.2 Å². The van der Waals surface area contributed by atoms with Crippen molar-refractivity contribution < 1.29 is 6.85 Å². The van der Waals surface area contributed by atoms with Gasteiger partial charge in [-0.05, 0) is 236 Å². The van der Waals surface area contributed by atoms with E-state index in [1.807, 2.05) is 103 Å². The van der Waals surface area contributed by atoms with Crippen molar-refractivity contribution in [2.75, 3.05) is 0 Å². The molecular formula is C131H97N9. The molecule has 666 valence electrons. The zero-order valence-corrected chi connectivity index (χ0v) is 78.2. The first-order valence-electron chi connectivity index (χ1n) is 50.4. The van der Waals surface area contributed by atoms with Gasteiger partial charge in [-0.1, -0.05) is 437 Å². The van der Waals surface area contributed by atoms with E-state index in [1.54, 1.807) is 0 Å². The first-order chi connectivity index (χ1) is 71.1. The molecule has 1 fully saturated rings. The molecule has 140 heavy (non-hydrogen) atoms. The van der Waals surface area contributed by atoms with Gasteiger partial charge in [-0.25, -0.2) is 44.9 Å². The van der Waals surface area contributed by atoms with Crippen molar-refractivity contribution >= 4 is 75.4 Å². The lowest BCUT2D eigenvalue weighted by molar-refractivity contribution is 0.723. The van der Waals surface area contributed by atoms with Crippen LogP contribution in [0.2, 0.25) is 0 Å². The minimum atomic E-state index is -0.475. The third-order valence-electron chi connectivity index (χ3n) is 27.6. The van der Waals surface area contributed by atoms with Crippen molar-refractivity contribution in [2.45, 2.75) is 66.2 Å². The third-order valence-corrected chi connectivity index (χ3v) is 27.6. The zero-order chi connectivity index (χ0) is 98.5. The number of fused-ring (bicyclic) bond motifs is 10. The van der Waals surface area contributed by atoms with Gasteiger partial charge in [0, 0.05) is 50.1 Å². The molecule has 1 aliphatic carbocycles. The highest BCUT2D eigenvalue weighted by Crippen LogP contribution is 2.47. The average molecular weight is 1800 g/mol. The monoisotopic (exact) mass is 1800 g/mol. The smallest absolute Gasteiger partial charge is 0.164 e. The third kappa shape index (κ3) is 17.0. The van der Waals surface area contributed by atoms with Crippen LogP contribution in [-0.2, 0) is 0 Å². The summed E-state index contributed by atoms with van der Waals surface area (Å²) in [5.74, 6) is 5.42. The topological polar surface area (TPSA) is 116 Å². The van der Waals surface area contributed by atoms with Gasteiger partial charge in [0.15, 0.2) is 52.4 Å². The Morgan fingerprint density at radius 1 is 0.193 bits per heavy atom. The largest absolute Gasteiger partial charge is 0.208 e. The summed E-state index contributed by atoms with van der Waals surface area (Å²) in [6, 6.07) is 142. The summed E-state index contributed by atoms with van der Waals surface area (Å²) in [5.41, 5.74) is 26.5. The molecule has 1 aliphatic rings. The van der Waals surface area contributed by atoms with Crippen LogP contribution in [0.15, 0.2) is 443 Å². The molecule has 0 spiro atoms. The van der Waals surface area contributed by atoms with Crippen molar-refractivity contribution in [1.82, 2.24) is 44.9 Å². The summed E-state index contributed by atoms with van der Waals surface area (Å²) < 4.78 is 42.7. The second-order valence-corrected chi connectivity index (χ2v) is 36.2. The van der Waals surface area contributed by atoms with Gasteiger partial charge < -0.3 is 0 Å². The number of aromatic nitrogens is 9. The van der Waals surface area contributed by atoms with Crippen LogP contribution < -0.4 is 0 Å². The number of benzene rings is 21. The maximum atomic E-state index is 8.83. The highest BCUT2D eigenvalue weighted by atomic mass is 15.1. The number of hydrogen-bond donors (Lipinski definition) is 0. The molecule has 0 bridgehead atoms. The summed E-state index contributed by atoms with van der Waals surface area (Å²) in [4.78, 5) is 45.2. The molecule has 24 aromatic rings. The van der Waals surface area contributed by atoms with Gasteiger partial charge in [0.25, 0.3) is 0 Å². The Balaban J connectivity index is 0.000000122. The van der Waals surface area contributed by atoms with E-state index in [0.717, 1.165) is 110 Å². The summed E-state index contributed by atoms with van der Waals surface area (Å²) in [6.45, 7) is 10.9. The lowest BCUT2D eigenvalue weighted by Crippen LogP contribution is -2.02. The van der Waals surface area contributed by atoms with Gasteiger partial charge in [-0.15, -0.1) is 0 Å². The molecule has 0 saturated heterocycles. The van der Waals surface area contributed by atoms with Crippen LogP contribution >= 0.6 is 0 Å². The summed E-state index contributed by atoms with van der Waals surface area (Å²) in [7, 11) is 0. The molecule has 0 atom stereocenters. The summed E-state index contributed by atoms with van der Waals surface area (Å²) in [5, 5.41) is 16.0. The second kappa shape index (κ2) is 38.0. The lowest BCUT2D eigenvalue weighted by Gasteiger charge is -2.23. The van der Waals surface area contributed by atoms with E-state index in [4.69, 9.17) is 51.7 Å². The molecular weight excluding hydrogens is 1700 g/mol. The molecule has 0 amide bonds. The Morgan fingerprint density at radius 3 is 0.879 bits per heavy atom. The van der Waals surface area contributed by atoms with Gasteiger partial charge in [-0.2, -0.15) is 0 Å². The summed E-state index contributed by atoms with van der Waals surface area (Å²) in [6.07, 6.45) is 5.36. The highest BCUT2D eigenvalue weighted by molar-refractivity contribution is 6.16. The Morgan fingerprint density at radius 2 is 0.479 bits per heavy atom. The van der Waals surface area contributed by atoms with Crippen LogP contribution in [0, 0.1) is 34.6 Å². The Labute approximate surface area is 822 Å². The molecule has 0 aliphatic heterocycles. The van der Waals surface area contributed by atoms with Crippen molar-refractivity contribution in [3.05, 3.63) is 476 Å². The highest BCUT2D eigenvalue weighted by Gasteiger charge is 2.26. The van der Waals surface area contributed by atoms with E-state index < -0.39 is 18.1 Å². The number of rotatable bonds is 15. The molecule has 9 heteroatoms. The van der Waals surface area contributed by atoms with Crippen molar-refractivity contribution in [3.8, 4) is 158 Å². The van der Waals surface area contributed by atoms with Crippen LogP contribution in [0.1, 0.15) is 71.8 Å². The predicted octanol–water partition coefficient (Wildman–Crippen LogP) is 34.2. The van der Waals surface area contributed by atoms with E-state index in [-0.39, 0.29) is 23.5 Å². The SMILES string of the molecule is Cc1cc(-c2c(C)ccc3ccccc23)ccc1-c1nc(-c2ccccc2)nc(-c2cc3ccccc3c3ccccc23)n1.[2H]c1c([2H])c([2H])c(-c2nc(-c3ccc(-c4c(C)c(-c5ccccc5)c(C)c(-c5ccccc5)c4C)cc3)nc(-c3cc4ccccc4c4ccccc34)n2)c([2H])c1[2H].c1ccc(-c2nc(-c3ccc(-c4ccc(C5CCCC5)cc4)cc3)nc(-c3cc4ccccc4c4ccccc34)n2)cc1. The van der Waals surface area contributed by atoms with E-state index in [1.165, 1.54) is 125 Å². The van der Waals surface area contributed by atoms with Gasteiger partial charge in [0.1, 0.15) is 0 Å². The van der Waals surface area contributed by atoms with Crippen LogP contribution in [0.3, 0.4) is 0 Å². The summed E-state index contributed by atoms with van der Waals surface area (Å²) >= 11 is 0. The molecule has 0 N–H and O–H groups in total.